The third-order valence-electron chi connectivity index (χ3n) is 1.52. The minimum absolute atomic E-state index is 0.537. The van der Waals surface area contributed by atoms with Gasteiger partial charge >= 0.3 is 0 Å². The Morgan fingerprint density at radius 1 is 0.706 bits per heavy atom. The molecule has 2 nitrogen and oxygen atoms in total. The van der Waals surface area contributed by atoms with E-state index in [4.69, 9.17) is 12.8 Å². The minimum atomic E-state index is 0.537. The van der Waals surface area contributed by atoms with Gasteiger partial charge in [0.25, 0.3) is 0 Å². The summed E-state index contributed by atoms with van der Waals surface area (Å²) in [5, 5.41) is 0. The molecule has 0 atom stereocenters. The van der Waals surface area contributed by atoms with Gasteiger partial charge in [0.2, 0.25) is 0 Å². The van der Waals surface area contributed by atoms with E-state index in [0.717, 1.165) is 0 Å². The van der Waals surface area contributed by atoms with Gasteiger partial charge in [0.15, 0.2) is 0 Å². The highest BCUT2D eigenvalue weighted by Crippen LogP contribution is 2.02. The van der Waals surface area contributed by atoms with E-state index in [9.17, 15) is 0 Å². The van der Waals surface area contributed by atoms with E-state index in [1.807, 2.05) is 0 Å². The van der Waals surface area contributed by atoms with Crippen LogP contribution < -0.4 is 0 Å². The molecule has 76 valence electrons. The van der Waals surface area contributed by atoms with Gasteiger partial charge in [-0.05, 0) is 23.7 Å². The number of hydrogen-bond donors (Lipinski definition) is 0. The van der Waals surface area contributed by atoms with Crippen molar-refractivity contribution in [2.24, 2.45) is 0 Å². The van der Waals surface area contributed by atoms with E-state index in [1.165, 1.54) is 0 Å². The summed E-state index contributed by atoms with van der Waals surface area (Å²) >= 11 is 0. The molecule has 0 aromatic heterocycles. The van der Waals surface area contributed by atoms with Crippen LogP contribution in [0.4, 0.5) is 0 Å². The lowest BCUT2D eigenvalue weighted by Crippen LogP contribution is -2.17. The van der Waals surface area contributed by atoms with Crippen molar-refractivity contribution in [3.8, 4) is 72.3 Å². The number of nitrogens with zero attached hydrogens (tertiary/aromatic N) is 2. The number of rotatable bonds is 0. The fourth-order valence-corrected chi connectivity index (χ4v) is 0.899. The average Bonchev–Trinajstić information content (AvgIpc) is 2.78. The second-order valence-electron chi connectivity index (χ2n) is 2.64. The predicted octanol–water partition coefficient (Wildman–Crippen LogP) is 0.228. The van der Waals surface area contributed by atoms with Crippen LogP contribution in [0.2, 0.25) is 0 Å². The first-order chi connectivity index (χ1) is 8.36. The van der Waals surface area contributed by atoms with Crippen molar-refractivity contribution < 1.29 is 0 Å². The van der Waals surface area contributed by atoms with Gasteiger partial charge in [-0.25, -0.2) is 0 Å². The van der Waals surface area contributed by atoms with Crippen LogP contribution in [0.5, 0.6) is 0 Å². The number of terminal acetylenes is 2. The molecule has 0 bridgehead atoms. The zero-order valence-electron chi connectivity index (χ0n) is 8.91. The molecular formula is C15H6N2. The summed E-state index contributed by atoms with van der Waals surface area (Å²) in [5.41, 5.74) is 0. The summed E-state index contributed by atoms with van der Waals surface area (Å²) in [6.45, 7) is 0.537. The van der Waals surface area contributed by atoms with E-state index < -0.39 is 0 Å². The highest BCUT2D eigenvalue weighted by Gasteiger charge is 2.06. The van der Waals surface area contributed by atoms with Crippen LogP contribution in [-0.2, 0) is 0 Å². The lowest BCUT2D eigenvalue weighted by atomic mass is 10.6. The summed E-state index contributed by atoms with van der Waals surface area (Å²) in [7, 11) is 0. The zero-order valence-corrected chi connectivity index (χ0v) is 8.91. The van der Waals surface area contributed by atoms with Crippen molar-refractivity contribution in [3.05, 3.63) is 12.4 Å². The summed E-state index contributed by atoms with van der Waals surface area (Å²) in [4.78, 5) is 3.46. The maximum Gasteiger partial charge on any atom is 0.114 e. The molecule has 1 rings (SSSR count). The summed E-state index contributed by atoms with van der Waals surface area (Å²) in [6.07, 6.45) is 13.5. The van der Waals surface area contributed by atoms with Crippen molar-refractivity contribution in [1.29, 1.82) is 0 Å². The first-order valence-corrected chi connectivity index (χ1v) is 4.51. The fourth-order valence-electron chi connectivity index (χ4n) is 0.899. The van der Waals surface area contributed by atoms with Gasteiger partial charge in [-0.1, -0.05) is 0 Å². The molecule has 1 aliphatic heterocycles. The van der Waals surface area contributed by atoms with Gasteiger partial charge in [-0.3, -0.25) is 9.80 Å². The Balaban J connectivity index is 2.51. The monoisotopic (exact) mass is 214 g/mol. The van der Waals surface area contributed by atoms with Crippen molar-refractivity contribution in [3.63, 3.8) is 0 Å². The van der Waals surface area contributed by atoms with Crippen molar-refractivity contribution in [2.45, 2.75) is 0 Å². The van der Waals surface area contributed by atoms with Gasteiger partial charge in [-0.2, -0.15) is 0 Å². The molecule has 1 aliphatic rings. The minimum Gasteiger partial charge on any atom is -0.286 e. The van der Waals surface area contributed by atoms with Gasteiger partial charge < -0.3 is 0 Å². The van der Waals surface area contributed by atoms with Crippen molar-refractivity contribution in [2.75, 3.05) is 6.67 Å². The standard InChI is InChI=1S/C15H6N2/c1-3-5-7-9-11-16-13-14-17(15-16)12-10-8-6-4-2/h1-2,13-14H,15H2. The van der Waals surface area contributed by atoms with Crippen molar-refractivity contribution >= 4 is 0 Å². The molecule has 17 heavy (non-hydrogen) atoms. The lowest BCUT2D eigenvalue weighted by Gasteiger charge is -2.08. The zero-order chi connectivity index (χ0) is 12.3. The second-order valence-corrected chi connectivity index (χ2v) is 2.64. The number of hydrogen-bond acceptors (Lipinski definition) is 2. The van der Waals surface area contributed by atoms with Gasteiger partial charge in [0.05, 0.1) is 0 Å². The summed E-state index contributed by atoms with van der Waals surface area (Å²) in [5.74, 6) is 19.4. The second kappa shape index (κ2) is 7.05. The Morgan fingerprint density at radius 2 is 1.18 bits per heavy atom. The molecule has 1 heterocycles. The largest absolute Gasteiger partial charge is 0.286 e. The molecule has 0 amide bonds. The first-order valence-electron chi connectivity index (χ1n) is 4.51. The summed E-state index contributed by atoms with van der Waals surface area (Å²) in [6, 6.07) is 5.60. The topological polar surface area (TPSA) is 6.48 Å². The molecule has 0 aromatic carbocycles. The van der Waals surface area contributed by atoms with Crippen LogP contribution in [0.3, 0.4) is 0 Å². The maximum absolute atomic E-state index is 4.95. The van der Waals surface area contributed by atoms with E-state index in [1.54, 1.807) is 22.2 Å². The molecule has 0 unspecified atom stereocenters. The van der Waals surface area contributed by atoms with E-state index in [2.05, 4.69) is 59.5 Å². The molecule has 0 aliphatic carbocycles. The van der Waals surface area contributed by atoms with Crippen molar-refractivity contribution in [1.82, 2.24) is 9.80 Å². The third-order valence-corrected chi connectivity index (χ3v) is 1.52. The van der Waals surface area contributed by atoms with Crippen LogP contribution in [0, 0.1) is 72.3 Å². The Labute approximate surface area is 102 Å². The maximum atomic E-state index is 4.95. The Kier molecular flexibility index (Phi) is 4.88. The van der Waals surface area contributed by atoms with Gasteiger partial charge in [0.1, 0.15) is 6.67 Å². The fraction of sp³-hybridized carbons (Fsp3) is 0.0667. The molecule has 0 aromatic rings. The Morgan fingerprint density at radius 3 is 1.59 bits per heavy atom. The Hall–Kier alpha value is -3.30. The molecule has 0 fully saturated rings. The average molecular weight is 214 g/mol. The van der Waals surface area contributed by atoms with Crippen LogP contribution in [0.1, 0.15) is 0 Å². The van der Waals surface area contributed by atoms with E-state index in [-0.39, 0.29) is 0 Å². The van der Waals surface area contributed by atoms with Crippen LogP contribution >= 0.6 is 0 Å². The van der Waals surface area contributed by atoms with Gasteiger partial charge in [0, 0.05) is 48.2 Å². The normalized spacial score (nSPS) is 10.0. The summed E-state index contributed by atoms with van der Waals surface area (Å²) < 4.78 is 0. The highest BCUT2D eigenvalue weighted by molar-refractivity contribution is 5.35. The Bertz CT molecular complexity index is 580. The quantitative estimate of drug-likeness (QED) is 0.532. The lowest BCUT2D eigenvalue weighted by molar-refractivity contribution is 0.422. The first kappa shape index (κ1) is 11.8. The predicted molar refractivity (Wildman–Crippen MR) is 66.5 cm³/mol. The van der Waals surface area contributed by atoms with Gasteiger partial charge in [-0.15, -0.1) is 12.8 Å². The molecule has 0 saturated heterocycles. The van der Waals surface area contributed by atoms with Crippen LogP contribution in [0.25, 0.3) is 0 Å². The molecule has 0 spiro atoms. The molecule has 0 N–H and O–H groups in total. The third kappa shape index (κ3) is 4.64. The van der Waals surface area contributed by atoms with E-state index >= 15 is 0 Å². The SMILES string of the molecule is C#CC#CC#CN1C=CN(C#CC#CC#C)C1. The van der Waals surface area contributed by atoms with E-state index in [0.29, 0.717) is 6.67 Å². The van der Waals surface area contributed by atoms with Crippen LogP contribution in [-0.4, -0.2) is 16.5 Å². The molecular weight excluding hydrogens is 208 g/mol. The molecule has 0 saturated carbocycles. The molecule has 0 radical (unpaired) electrons. The highest BCUT2D eigenvalue weighted by atomic mass is 15.3. The molecule has 2 heteroatoms. The smallest absolute Gasteiger partial charge is 0.114 e. The van der Waals surface area contributed by atoms with Crippen LogP contribution in [0.15, 0.2) is 12.4 Å².